The summed E-state index contributed by atoms with van der Waals surface area (Å²) in [5.74, 6) is -0.690. The molecule has 2 rings (SSSR count). The van der Waals surface area contributed by atoms with Gasteiger partial charge >= 0.3 is 0 Å². The molecule has 0 aromatic heterocycles. The van der Waals surface area contributed by atoms with Crippen LogP contribution in [0.15, 0.2) is 60.8 Å². The number of hydrogen-bond acceptors (Lipinski definition) is 3. The molecule has 5 N–H and O–H groups in total. The van der Waals surface area contributed by atoms with Crippen molar-refractivity contribution < 1.29 is 9.90 Å². The zero-order valence-electron chi connectivity index (χ0n) is 13.3. The van der Waals surface area contributed by atoms with E-state index in [0.29, 0.717) is 0 Å². The van der Waals surface area contributed by atoms with Crippen LogP contribution >= 0.6 is 0 Å². The minimum atomic E-state index is -0.617. The summed E-state index contributed by atoms with van der Waals surface area (Å²) in [7, 11) is 0. The zero-order valence-corrected chi connectivity index (χ0v) is 13.3. The van der Waals surface area contributed by atoms with Gasteiger partial charge in [0.1, 0.15) is 5.75 Å². The maximum Gasteiger partial charge on any atom is 0.252 e. The van der Waals surface area contributed by atoms with Crippen molar-refractivity contribution in [1.29, 1.82) is 0 Å². The molecule has 0 heterocycles. The van der Waals surface area contributed by atoms with Gasteiger partial charge in [0.25, 0.3) is 5.91 Å². The molecule has 0 saturated carbocycles. The largest absolute Gasteiger partial charge is 0.507 e. The molecule has 4 heteroatoms. The van der Waals surface area contributed by atoms with Crippen LogP contribution in [-0.2, 0) is 0 Å². The molecule has 0 saturated heterocycles. The van der Waals surface area contributed by atoms with Crippen molar-refractivity contribution in [3.63, 3.8) is 0 Å². The molecule has 2 aromatic carbocycles. The van der Waals surface area contributed by atoms with E-state index in [-0.39, 0.29) is 11.3 Å². The maximum atomic E-state index is 10.9. The van der Waals surface area contributed by atoms with Crippen molar-refractivity contribution in [2.75, 3.05) is 0 Å². The third kappa shape index (κ3) is 6.13. The Balaban J connectivity index is 0.000000470. The number of phenols is 1. The number of carbonyl (C=O) groups is 1. The summed E-state index contributed by atoms with van der Waals surface area (Å²) in [4.78, 5) is 10.9. The first-order chi connectivity index (χ1) is 10.6. The monoisotopic (exact) mass is 300 g/mol. The molecule has 0 aliphatic carbocycles. The molecule has 4 nitrogen and oxygen atoms in total. The Bertz CT molecular complexity index is 637. The second kappa shape index (κ2) is 11.0. The highest BCUT2D eigenvalue weighted by molar-refractivity contribution is 6.00. The van der Waals surface area contributed by atoms with Gasteiger partial charge in [0.05, 0.1) is 5.56 Å². The molecule has 0 atom stereocenters. The first-order valence-corrected chi connectivity index (χ1v) is 7.11. The van der Waals surface area contributed by atoms with Crippen LogP contribution in [0, 0.1) is 0 Å². The van der Waals surface area contributed by atoms with Crippen LogP contribution in [0.4, 0.5) is 0 Å². The highest BCUT2D eigenvalue weighted by Crippen LogP contribution is 2.24. The standard InChI is InChI=1S/C11H9NO2.C5H9N.C2H6/c12-11(14)9-5-7-3-1-2-4-8(7)6-10(9)13;1-2-3-4-5-6;1-2/h1-6,13H,(H2,12,14);2-5H,6H2,1H3;1-2H3/b;3-2-,5-4-;. The molecule has 0 bridgehead atoms. The van der Waals surface area contributed by atoms with E-state index in [4.69, 9.17) is 11.5 Å². The van der Waals surface area contributed by atoms with Gasteiger partial charge in [-0.1, -0.05) is 50.3 Å². The average molecular weight is 300 g/mol. The molecule has 118 valence electrons. The van der Waals surface area contributed by atoms with Crippen LogP contribution in [0.5, 0.6) is 5.75 Å². The Labute approximate surface area is 131 Å². The van der Waals surface area contributed by atoms with Crippen molar-refractivity contribution in [2.45, 2.75) is 20.8 Å². The van der Waals surface area contributed by atoms with Crippen molar-refractivity contribution >= 4 is 16.7 Å². The van der Waals surface area contributed by atoms with Crippen LogP contribution in [0.1, 0.15) is 31.1 Å². The third-order valence-corrected chi connectivity index (χ3v) is 2.54. The first-order valence-electron chi connectivity index (χ1n) is 7.11. The quantitative estimate of drug-likeness (QED) is 0.739. The lowest BCUT2D eigenvalue weighted by Crippen LogP contribution is -2.10. The van der Waals surface area contributed by atoms with Crippen LogP contribution in [0.2, 0.25) is 0 Å². The van der Waals surface area contributed by atoms with Crippen molar-refractivity contribution in [3.05, 3.63) is 66.4 Å². The predicted octanol–water partition coefficient (Wildman–Crippen LogP) is 3.71. The fraction of sp³-hybridized carbons (Fsp3) is 0.167. The summed E-state index contributed by atoms with van der Waals surface area (Å²) in [6.45, 7) is 5.94. The second-order valence-electron chi connectivity index (χ2n) is 3.99. The number of carbonyl (C=O) groups excluding carboxylic acids is 1. The van der Waals surface area contributed by atoms with Gasteiger partial charge in [0, 0.05) is 0 Å². The number of hydrogen-bond donors (Lipinski definition) is 3. The van der Waals surface area contributed by atoms with Gasteiger partial charge in [-0.05, 0) is 42.1 Å². The summed E-state index contributed by atoms with van der Waals surface area (Å²) in [6, 6.07) is 10.6. The molecular formula is C18H24N2O2. The lowest BCUT2D eigenvalue weighted by molar-refractivity contribution is 0.0998. The van der Waals surface area contributed by atoms with Gasteiger partial charge < -0.3 is 16.6 Å². The second-order valence-corrected chi connectivity index (χ2v) is 3.99. The fourth-order valence-electron chi connectivity index (χ4n) is 1.60. The summed E-state index contributed by atoms with van der Waals surface area (Å²) in [5, 5.41) is 11.3. The predicted molar refractivity (Wildman–Crippen MR) is 93.6 cm³/mol. The van der Waals surface area contributed by atoms with Gasteiger partial charge in [-0.2, -0.15) is 0 Å². The lowest BCUT2D eigenvalue weighted by atomic mass is 10.1. The molecule has 1 amide bonds. The average Bonchev–Trinajstić information content (AvgIpc) is 2.54. The SMILES string of the molecule is C/C=C\C=C/N.CC.NC(=O)c1cc2ccccc2cc1O. The Morgan fingerprint density at radius 1 is 1.09 bits per heavy atom. The lowest BCUT2D eigenvalue weighted by Gasteiger charge is -2.02. The van der Waals surface area contributed by atoms with E-state index in [1.807, 2.05) is 57.2 Å². The number of allylic oxidation sites excluding steroid dienone is 3. The van der Waals surface area contributed by atoms with Gasteiger partial charge in [-0.25, -0.2) is 0 Å². The number of amides is 1. The number of nitrogens with two attached hydrogens (primary N) is 2. The normalized spacial score (nSPS) is 9.95. The van der Waals surface area contributed by atoms with Crippen LogP contribution in [0.25, 0.3) is 10.8 Å². The molecule has 2 aromatic rings. The molecule has 0 aliphatic heterocycles. The molecule has 0 unspecified atom stereocenters. The Hall–Kier alpha value is -2.75. The van der Waals surface area contributed by atoms with E-state index in [0.717, 1.165) is 10.8 Å². The zero-order chi connectivity index (χ0) is 17.0. The van der Waals surface area contributed by atoms with E-state index < -0.39 is 5.91 Å². The van der Waals surface area contributed by atoms with Gasteiger partial charge in [0.2, 0.25) is 0 Å². The van der Waals surface area contributed by atoms with Crippen LogP contribution in [0.3, 0.4) is 0 Å². The highest BCUT2D eigenvalue weighted by Gasteiger charge is 2.07. The maximum absolute atomic E-state index is 10.9. The molecule has 22 heavy (non-hydrogen) atoms. The third-order valence-electron chi connectivity index (χ3n) is 2.54. The van der Waals surface area contributed by atoms with E-state index in [9.17, 15) is 9.90 Å². The minimum Gasteiger partial charge on any atom is -0.507 e. The molecule has 0 radical (unpaired) electrons. The fourth-order valence-corrected chi connectivity index (χ4v) is 1.60. The number of aromatic hydroxyl groups is 1. The smallest absolute Gasteiger partial charge is 0.252 e. The number of fused-ring (bicyclic) bond motifs is 1. The molecule has 0 aliphatic rings. The van der Waals surface area contributed by atoms with Gasteiger partial charge in [0.15, 0.2) is 0 Å². The molecular weight excluding hydrogens is 276 g/mol. The summed E-state index contributed by atoms with van der Waals surface area (Å²) < 4.78 is 0. The Morgan fingerprint density at radius 3 is 2.05 bits per heavy atom. The van der Waals surface area contributed by atoms with Crippen LogP contribution < -0.4 is 11.5 Å². The summed E-state index contributed by atoms with van der Waals surface area (Å²) in [5.41, 5.74) is 10.2. The van der Waals surface area contributed by atoms with Crippen molar-refractivity contribution in [2.24, 2.45) is 11.5 Å². The topological polar surface area (TPSA) is 89.3 Å². The van der Waals surface area contributed by atoms with E-state index in [1.54, 1.807) is 12.1 Å². The number of rotatable bonds is 2. The van der Waals surface area contributed by atoms with Crippen LogP contribution in [-0.4, -0.2) is 11.0 Å². The van der Waals surface area contributed by atoms with E-state index >= 15 is 0 Å². The Morgan fingerprint density at radius 2 is 1.64 bits per heavy atom. The van der Waals surface area contributed by atoms with E-state index in [2.05, 4.69) is 0 Å². The first kappa shape index (κ1) is 19.2. The molecule has 0 fully saturated rings. The van der Waals surface area contributed by atoms with Crippen molar-refractivity contribution in [1.82, 2.24) is 0 Å². The van der Waals surface area contributed by atoms with Gasteiger partial charge in [-0.3, -0.25) is 4.79 Å². The summed E-state index contributed by atoms with van der Waals surface area (Å²) in [6.07, 6.45) is 7.07. The number of primary amides is 1. The summed E-state index contributed by atoms with van der Waals surface area (Å²) >= 11 is 0. The minimum absolute atomic E-state index is 0.0730. The molecule has 0 spiro atoms. The Kier molecular flexibility index (Phi) is 9.60. The number of benzene rings is 2. The highest BCUT2D eigenvalue weighted by atomic mass is 16.3. The van der Waals surface area contributed by atoms with Gasteiger partial charge in [-0.15, -0.1) is 0 Å². The van der Waals surface area contributed by atoms with Crippen molar-refractivity contribution in [3.8, 4) is 5.75 Å². The van der Waals surface area contributed by atoms with E-state index in [1.165, 1.54) is 12.3 Å².